The second-order valence-electron chi connectivity index (χ2n) is 3.61. The summed E-state index contributed by atoms with van der Waals surface area (Å²) in [4.78, 5) is 24.3. The number of amides is 3. The first-order chi connectivity index (χ1) is 8.15. The Morgan fingerprint density at radius 1 is 1.29 bits per heavy atom. The molecule has 3 N–H and O–H groups in total. The van der Waals surface area contributed by atoms with Crippen LogP contribution in [0.3, 0.4) is 0 Å². The number of nitrogens with zero attached hydrogens (tertiary/aromatic N) is 1. The third-order valence-electron chi connectivity index (χ3n) is 2.24. The fourth-order valence-electron chi connectivity index (χ4n) is 1.36. The summed E-state index contributed by atoms with van der Waals surface area (Å²) in [6, 6.07) is 8.59. The van der Waals surface area contributed by atoms with Crippen molar-refractivity contribution in [3.05, 3.63) is 30.3 Å². The number of anilines is 1. The standard InChI is InChI=1S/C12H17N3O2/c1-10(16)15(9-5-8-13)12(17)14-11-6-3-2-4-7-11/h2-4,6-7H,5,8-9,13H2,1H3,(H,14,17). The number of benzene rings is 1. The quantitative estimate of drug-likeness (QED) is 0.828. The van der Waals surface area contributed by atoms with Gasteiger partial charge in [-0.05, 0) is 25.1 Å². The van der Waals surface area contributed by atoms with Crippen LogP contribution in [-0.2, 0) is 4.79 Å². The van der Waals surface area contributed by atoms with E-state index in [1.54, 1.807) is 12.1 Å². The maximum absolute atomic E-state index is 11.8. The Morgan fingerprint density at radius 3 is 2.47 bits per heavy atom. The van der Waals surface area contributed by atoms with Gasteiger partial charge in [0.1, 0.15) is 0 Å². The van der Waals surface area contributed by atoms with Crippen LogP contribution in [0.25, 0.3) is 0 Å². The molecule has 0 aliphatic heterocycles. The van der Waals surface area contributed by atoms with Crippen LogP contribution >= 0.6 is 0 Å². The fourth-order valence-corrected chi connectivity index (χ4v) is 1.36. The van der Waals surface area contributed by atoms with Crippen molar-refractivity contribution in [2.24, 2.45) is 5.73 Å². The van der Waals surface area contributed by atoms with E-state index >= 15 is 0 Å². The van der Waals surface area contributed by atoms with E-state index in [2.05, 4.69) is 5.32 Å². The molecule has 1 aromatic carbocycles. The third kappa shape index (κ3) is 4.24. The van der Waals surface area contributed by atoms with Crippen molar-refractivity contribution in [3.63, 3.8) is 0 Å². The van der Waals surface area contributed by atoms with E-state index in [4.69, 9.17) is 5.73 Å². The predicted octanol–water partition coefficient (Wildman–Crippen LogP) is 1.42. The van der Waals surface area contributed by atoms with Gasteiger partial charge in [0.15, 0.2) is 0 Å². The molecule has 0 aliphatic rings. The predicted molar refractivity (Wildman–Crippen MR) is 66.5 cm³/mol. The zero-order valence-electron chi connectivity index (χ0n) is 9.85. The van der Waals surface area contributed by atoms with Crippen LogP contribution in [0, 0.1) is 0 Å². The van der Waals surface area contributed by atoms with Gasteiger partial charge in [0.25, 0.3) is 0 Å². The van der Waals surface area contributed by atoms with E-state index in [0.29, 0.717) is 25.2 Å². The lowest BCUT2D eigenvalue weighted by Crippen LogP contribution is -2.39. The Kier molecular flexibility index (Phi) is 5.16. The summed E-state index contributed by atoms with van der Waals surface area (Å²) in [7, 11) is 0. The van der Waals surface area contributed by atoms with Crippen LogP contribution in [0.2, 0.25) is 0 Å². The van der Waals surface area contributed by atoms with E-state index in [0.717, 1.165) is 4.90 Å². The Bertz CT molecular complexity index is 379. The van der Waals surface area contributed by atoms with Crippen LogP contribution in [0.1, 0.15) is 13.3 Å². The Labute approximate surface area is 101 Å². The second kappa shape index (κ2) is 6.65. The topological polar surface area (TPSA) is 75.4 Å². The number of carbonyl (C=O) groups is 2. The highest BCUT2D eigenvalue weighted by molar-refractivity contribution is 6.00. The number of para-hydroxylation sites is 1. The van der Waals surface area contributed by atoms with Crippen LogP contribution in [0.5, 0.6) is 0 Å². The number of imide groups is 1. The Morgan fingerprint density at radius 2 is 1.94 bits per heavy atom. The van der Waals surface area contributed by atoms with Gasteiger partial charge in [0.05, 0.1) is 0 Å². The minimum absolute atomic E-state index is 0.285. The van der Waals surface area contributed by atoms with Gasteiger partial charge < -0.3 is 11.1 Å². The average molecular weight is 235 g/mol. The van der Waals surface area contributed by atoms with E-state index in [1.807, 2.05) is 18.2 Å². The summed E-state index contributed by atoms with van der Waals surface area (Å²) in [6.45, 7) is 2.15. The van der Waals surface area contributed by atoms with Crippen molar-refractivity contribution >= 4 is 17.6 Å². The van der Waals surface area contributed by atoms with Gasteiger partial charge >= 0.3 is 6.03 Å². The molecule has 0 saturated carbocycles. The number of nitrogens with one attached hydrogen (secondary N) is 1. The maximum atomic E-state index is 11.8. The number of hydrogen-bond acceptors (Lipinski definition) is 3. The molecule has 0 unspecified atom stereocenters. The molecule has 0 spiro atoms. The zero-order valence-corrected chi connectivity index (χ0v) is 9.85. The first-order valence-corrected chi connectivity index (χ1v) is 5.49. The lowest BCUT2D eigenvalue weighted by molar-refractivity contribution is -0.125. The molecule has 0 aromatic heterocycles. The van der Waals surface area contributed by atoms with Crippen molar-refractivity contribution in [3.8, 4) is 0 Å². The smallest absolute Gasteiger partial charge is 0.328 e. The molecule has 1 aromatic rings. The molecule has 0 radical (unpaired) electrons. The molecule has 5 heteroatoms. The molecule has 0 heterocycles. The first kappa shape index (κ1) is 13.2. The molecule has 1 rings (SSSR count). The first-order valence-electron chi connectivity index (χ1n) is 5.49. The summed E-state index contributed by atoms with van der Waals surface area (Å²) in [6.07, 6.45) is 0.599. The van der Waals surface area contributed by atoms with Gasteiger partial charge in [-0.15, -0.1) is 0 Å². The minimum atomic E-state index is -0.419. The number of carbonyl (C=O) groups excluding carboxylic acids is 2. The summed E-state index contributed by atoms with van der Waals surface area (Å²) in [5.41, 5.74) is 6.02. The number of rotatable bonds is 4. The normalized spacial score (nSPS) is 9.76. The van der Waals surface area contributed by atoms with Crippen molar-refractivity contribution < 1.29 is 9.59 Å². The molecular weight excluding hydrogens is 218 g/mol. The number of hydrogen-bond donors (Lipinski definition) is 2. The molecule has 17 heavy (non-hydrogen) atoms. The highest BCUT2D eigenvalue weighted by Crippen LogP contribution is 2.07. The highest BCUT2D eigenvalue weighted by atomic mass is 16.2. The van der Waals surface area contributed by atoms with Gasteiger partial charge in [-0.3, -0.25) is 9.69 Å². The van der Waals surface area contributed by atoms with Crippen LogP contribution in [-0.4, -0.2) is 29.9 Å². The lowest BCUT2D eigenvalue weighted by Gasteiger charge is -2.19. The molecule has 0 saturated heterocycles. The van der Waals surface area contributed by atoms with Gasteiger partial charge in [-0.2, -0.15) is 0 Å². The molecule has 0 bridgehead atoms. The summed E-state index contributed by atoms with van der Waals surface area (Å²) in [5.74, 6) is -0.285. The Hall–Kier alpha value is -1.88. The number of nitrogens with two attached hydrogens (primary N) is 1. The monoisotopic (exact) mass is 235 g/mol. The lowest BCUT2D eigenvalue weighted by atomic mass is 10.3. The van der Waals surface area contributed by atoms with Crippen molar-refractivity contribution in [2.75, 3.05) is 18.4 Å². The molecule has 0 fully saturated rings. The highest BCUT2D eigenvalue weighted by Gasteiger charge is 2.16. The zero-order chi connectivity index (χ0) is 12.7. The van der Waals surface area contributed by atoms with Crippen LogP contribution < -0.4 is 11.1 Å². The van der Waals surface area contributed by atoms with E-state index in [1.165, 1.54) is 6.92 Å². The molecule has 5 nitrogen and oxygen atoms in total. The van der Waals surface area contributed by atoms with E-state index in [9.17, 15) is 9.59 Å². The molecule has 0 atom stereocenters. The van der Waals surface area contributed by atoms with Gasteiger partial charge in [0, 0.05) is 19.2 Å². The molecule has 92 valence electrons. The molecule has 0 aliphatic carbocycles. The Balaban J connectivity index is 2.62. The fraction of sp³-hybridized carbons (Fsp3) is 0.333. The van der Waals surface area contributed by atoms with Crippen LogP contribution in [0.4, 0.5) is 10.5 Å². The van der Waals surface area contributed by atoms with Crippen molar-refractivity contribution in [2.45, 2.75) is 13.3 Å². The van der Waals surface area contributed by atoms with Gasteiger partial charge in [-0.1, -0.05) is 18.2 Å². The summed E-state index contributed by atoms with van der Waals surface area (Å²) < 4.78 is 0. The van der Waals surface area contributed by atoms with Crippen LogP contribution in [0.15, 0.2) is 30.3 Å². The summed E-state index contributed by atoms with van der Waals surface area (Å²) in [5, 5.41) is 2.66. The van der Waals surface area contributed by atoms with E-state index in [-0.39, 0.29) is 5.91 Å². The van der Waals surface area contributed by atoms with Gasteiger partial charge in [0.2, 0.25) is 5.91 Å². The average Bonchev–Trinajstić information content (AvgIpc) is 2.30. The SMILES string of the molecule is CC(=O)N(CCCN)C(=O)Nc1ccccc1. The van der Waals surface area contributed by atoms with Gasteiger partial charge in [-0.25, -0.2) is 4.79 Å². The van der Waals surface area contributed by atoms with Crippen molar-refractivity contribution in [1.29, 1.82) is 0 Å². The molecular formula is C12H17N3O2. The number of urea groups is 1. The molecule has 3 amide bonds. The van der Waals surface area contributed by atoms with Crippen molar-refractivity contribution in [1.82, 2.24) is 4.90 Å². The second-order valence-corrected chi connectivity index (χ2v) is 3.61. The van der Waals surface area contributed by atoms with E-state index < -0.39 is 6.03 Å². The maximum Gasteiger partial charge on any atom is 0.328 e. The minimum Gasteiger partial charge on any atom is -0.330 e. The largest absolute Gasteiger partial charge is 0.330 e. The third-order valence-corrected chi connectivity index (χ3v) is 2.24. The summed E-state index contributed by atoms with van der Waals surface area (Å²) >= 11 is 0.